The number of hydrogen-bond donors (Lipinski definition) is 1. The Morgan fingerprint density at radius 2 is 2.00 bits per heavy atom. The Kier molecular flexibility index (Phi) is 5.14. The molecule has 0 spiro atoms. The molecule has 0 aromatic heterocycles. The summed E-state index contributed by atoms with van der Waals surface area (Å²) in [6.07, 6.45) is 1.86. The topological polar surface area (TPSA) is 64.6 Å². The lowest BCUT2D eigenvalue weighted by atomic mass is 10.0. The van der Waals surface area contributed by atoms with E-state index < -0.39 is 6.10 Å². The molecule has 0 bridgehead atoms. The van der Waals surface area contributed by atoms with E-state index in [1.165, 1.54) is 6.92 Å². The highest BCUT2D eigenvalue weighted by Crippen LogP contribution is 2.20. The van der Waals surface area contributed by atoms with Crippen molar-refractivity contribution in [3.8, 4) is 0 Å². The van der Waals surface area contributed by atoms with Crippen LogP contribution in [0.5, 0.6) is 0 Å². The molecule has 0 unspecified atom stereocenters. The minimum absolute atomic E-state index is 0.0879. The lowest BCUT2D eigenvalue weighted by Crippen LogP contribution is -2.49. The minimum Gasteiger partial charge on any atom is -0.463 e. The molecular formula is C13H23NO4. The normalized spacial score (nSPS) is 24.4. The van der Waals surface area contributed by atoms with E-state index >= 15 is 0 Å². The molecule has 2 atom stereocenters. The van der Waals surface area contributed by atoms with Gasteiger partial charge in [0.1, 0.15) is 12.7 Å². The van der Waals surface area contributed by atoms with Gasteiger partial charge >= 0.3 is 5.97 Å². The molecule has 1 saturated heterocycles. The lowest BCUT2D eigenvalue weighted by molar-refractivity contribution is -0.155. The minimum atomic E-state index is -0.432. The van der Waals surface area contributed by atoms with Crippen LogP contribution < -0.4 is 5.32 Å². The first-order chi connectivity index (χ1) is 8.28. The quantitative estimate of drug-likeness (QED) is 0.776. The van der Waals surface area contributed by atoms with Gasteiger partial charge in [-0.1, -0.05) is 0 Å². The summed E-state index contributed by atoms with van der Waals surface area (Å²) < 4.78 is 10.6. The highest BCUT2D eigenvalue weighted by Gasteiger charge is 2.30. The molecule has 5 heteroatoms. The SMILES string of the molecule is CC(=O)OC[C@@H]1CCC[C@@H](C(=O)NC(C)(C)C)O1. The maximum absolute atomic E-state index is 12.0. The molecule has 1 amide bonds. The number of nitrogens with one attached hydrogen (secondary N) is 1. The number of hydrogen-bond acceptors (Lipinski definition) is 4. The van der Waals surface area contributed by atoms with Crippen LogP contribution in [-0.2, 0) is 19.1 Å². The molecule has 104 valence electrons. The lowest BCUT2D eigenvalue weighted by Gasteiger charge is -2.31. The standard InChI is InChI=1S/C13H23NO4/c1-9(15)17-8-10-6-5-7-11(18-10)12(16)14-13(2,3)4/h10-11H,5-8H2,1-4H3,(H,14,16)/t10-,11-/m0/s1. The zero-order chi connectivity index (χ0) is 13.8. The molecule has 1 heterocycles. The third kappa shape index (κ3) is 5.49. The number of esters is 1. The predicted molar refractivity (Wildman–Crippen MR) is 67.0 cm³/mol. The Balaban J connectivity index is 2.43. The van der Waals surface area contributed by atoms with Crippen molar-refractivity contribution < 1.29 is 19.1 Å². The first-order valence-corrected chi connectivity index (χ1v) is 6.39. The van der Waals surface area contributed by atoms with Crippen molar-refractivity contribution in [1.82, 2.24) is 5.32 Å². The zero-order valence-corrected chi connectivity index (χ0v) is 11.6. The van der Waals surface area contributed by atoms with Gasteiger partial charge in [-0.3, -0.25) is 9.59 Å². The van der Waals surface area contributed by atoms with Crippen LogP contribution >= 0.6 is 0 Å². The number of ether oxygens (including phenoxy) is 2. The fourth-order valence-electron chi connectivity index (χ4n) is 1.88. The second kappa shape index (κ2) is 6.18. The predicted octanol–water partition coefficient (Wildman–Crippen LogP) is 1.40. The van der Waals surface area contributed by atoms with Crippen molar-refractivity contribution in [3.63, 3.8) is 0 Å². The Labute approximate surface area is 108 Å². The summed E-state index contributed by atoms with van der Waals surface area (Å²) in [7, 11) is 0. The maximum Gasteiger partial charge on any atom is 0.302 e. The van der Waals surface area contributed by atoms with Gasteiger partial charge in [0.25, 0.3) is 0 Å². The smallest absolute Gasteiger partial charge is 0.302 e. The van der Waals surface area contributed by atoms with E-state index in [1.807, 2.05) is 20.8 Å². The van der Waals surface area contributed by atoms with Gasteiger partial charge in [0.2, 0.25) is 5.91 Å². The summed E-state index contributed by atoms with van der Waals surface area (Å²) in [6, 6.07) is 0. The highest BCUT2D eigenvalue weighted by molar-refractivity contribution is 5.81. The van der Waals surface area contributed by atoms with Gasteiger partial charge in [0, 0.05) is 12.5 Å². The van der Waals surface area contributed by atoms with Gasteiger partial charge in [0.15, 0.2) is 0 Å². The molecule has 5 nitrogen and oxygen atoms in total. The van der Waals surface area contributed by atoms with E-state index in [1.54, 1.807) is 0 Å². The molecule has 0 aromatic carbocycles. The van der Waals surface area contributed by atoms with E-state index in [4.69, 9.17) is 9.47 Å². The average molecular weight is 257 g/mol. The second-order valence-corrected chi connectivity index (χ2v) is 5.72. The summed E-state index contributed by atoms with van der Waals surface area (Å²) in [5, 5.41) is 2.90. The van der Waals surface area contributed by atoms with Crippen molar-refractivity contribution in [2.45, 2.75) is 64.7 Å². The van der Waals surface area contributed by atoms with Crippen LogP contribution in [0.25, 0.3) is 0 Å². The van der Waals surface area contributed by atoms with E-state index in [-0.39, 0.29) is 30.1 Å². The van der Waals surface area contributed by atoms with Gasteiger partial charge in [-0.2, -0.15) is 0 Å². The first-order valence-electron chi connectivity index (χ1n) is 6.39. The Morgan fingerprint density at radius 3 is 2.56 bits per heavy atom. The fourth-order valence-corrected chi connectivity index (χ4v) is 1.88. The van der Waals surface area contributed by atoms with Gasteiger partial charge in [-0.05, 0) is 40.0 Å². The van der Waals surface area contributed by atoms with Crippen LogP contribution in [0, 0.1) is 0 Å². The molecule has 0 saturated carbocycles. The van der Waals surface area contributed by atoms with Crippen LogP contribution in [0.2, 0.25) is 0 Å². The van der Waals surface area contributed by atoms with Crippen molar-refractivity contribution in [2.75, 3.05) is 6.61 Å². The molecule has 1 aliphatic heterocycles. The second-order valence-electron chi connectivity index (χ2n) is 5.72. The third-order valence-electron chi connectivity index (χ3n) is 2.61. The molecule has 1 aliphatic rings. The summed E-state index contributed by atoms with van der Waals surface area (Å²) in [6.45, 7) is 7.40. The Hall–Kier alpha value is -1.10. The van der Waals surface area contributed by atoms with Crippen LogP contribution in [0.4, 0.5) is 0 Å². The molecule has 1 rings (SSSR count). The van der Waals surface area contributed by atoms with Gasteiger partial charge in [-0.15, -0.1) is 0 Å². The highest BCUT2D eigenvalue weighted by atomic mass is 16.6. The summed E-state index contributed by atoms with van der Waals surface area (Å²) >= 11 is 0. The van der Waals surface area contributed by atoms with Crippen molar-refractivity contribution in [1.29, 1.82) is 0 Å². The number of rotatable bonds is 3. The van der Waals surface area contributed by atoms with E-state index in [0.29, 0.717) is 0 Å². The zero-order valence-electron chi connectivity index (χ0n) is 11.6. The molecule has 1 fully saturated rings. The van der Waals surface area contributed by atoms with Gasteiger partial charge < -0.3 is 14.8 Å². The van der Waals surface area contributed by atoms with E-state index in [0.717, 1.165) is 19.3 Å². The maximum atomic E-state index is 12.0. The van der Waals surface area contributed by atoms with Crippen LogP contribution in [0.3, 0.4) is 0 Å². The fraction of sp³-hybridized carbons (Fsp3) is 0.846. The summed E-state index contributed by atoms with van der Waals surface area (Å²) in [4.78, 5) is 22.7. The van der Waals surface area contributed by atoms with Crippen molar-refractivity contribution in [2.24, 2.45) is 0 Å². The summed E-state index contributed by atoms with van der Waals surface area (Å²) in [5.74, 6) is -0.408. The monoisotopic (exact) mass is 257 g/mol. The molecular weight excluding hydrogens is 234 g/mol. The van der Waals surface area contributed by atoms with Crippen molar-refractivity contribution >= 4 is 11.9 Å². The van der Waals surface area contributed by atoms with Crippen molar-refractivity contribution in [3.05, 3.63) is 0 Å². The molecule has 18 heavy (non-hydrogen) atoms. The number of amides is 1. The number of carbonyl (C=O) groups excluding carboxylic acids is 2. The Morgan fingerprint density at radius 1 is 1.33 bits per heavy atom. The Bertz CT molecular complexity index is 309. The van der Waals surface area contributed by atoms with Crippen LogP contribution in [0.1, 0.15) is 47.0 Å². The first kappa shape index (κ1) is 15.0. The van der Waals surface area contributed by atoms with Crippen LogP contribution in [-0.4, -0.2) is 36.2 Å². The van der Waals surface area contributed by atoms with Crippen LogP contribution in [0.15, 0.2) is 0 Å². The van der Waals surface area contributed by atoms with Gasteiger partial charge in [-0.25, -0.2) is 0 Å². The largest absolute Gasteiger partial charge is 0.463 e. The van der Waals surface area contributed by atoms with E-state index in [9.17, 15) is 9.59 Å². The summed E-state index contributed by atoms with van der Waals surface area (Å²) in [5.41, 5.74) is -0.261. The van der Waals surface area contributed by atoms with E-state index in [2.05, 4.69) is 5.32 Å². The molecule has 1 N–H and O–H groups in total. The average Bonchev–Trinajstić information content (AvgIpc) is 2.24. The third-order valence-corrected chi connectivity index (χ3v) is 2.61. The molecule has 0 aromatic rings. The van der Waals surface area contributed by atoms with Gasteiger partial charge in [0.05, 0.1) is 6.10 Å². The number of carbonyl (C=O) groups is 2. The molecule has 0 aliphatic carbocycles. The molecule has 0 radical (unpaired) electrons.